The molecule has 0 amide bonds. The number of aromatic nitrogens is 1. The summed E-state index contributed by atoms with van der Waals surface area (Å²) in [7, 11) is 3.47. The van der Waals surface area contributed by atoms with Gasteiger partial charge in [0.15, 0.2) is 0 Å². The molecule has 0 aliphatic carbocycles. The summed E-state index contributed by atoms with van der Waals surface area (Å²) in [4.78, 5) is 15.4. The number of anilines is 1. The summed E-state index contributed by atoms with van der Waals surface area (Å²) < 4.78 is 31.7. The van der Waals surface area contributed by atoms with E-state index in [1.165, 1.54) is 16.7 Å². The number of hydrogen-bond donors (Lipinski definition) is 0. The third kappa shape index (κ3) is 5.63. The second kappa shape index (κ2) is 9.67. The van der Waals surface area contributed by atoms with Gasteiger partial charge in [0.2, 0.25) is 0 Å². The maximum Gasteiger partial charge on any atom is 0.419 e. The Morgan fingerprint density at radius 1 is 1.12 bits per heavy atom. The van der Waals surface area contributed by atoms with Crippen molar-refractivity contribution < 1.29 is 23.4 Å². The van der Waals surface area contributed by atoms with Crippen LogP contribution in [-0.2, 0) is 16.1 Å². The second-order valence-corrected chi connectivity index (χ2v) is 8.79. The average Bonchev–Trinajstić information content (AvgIpc) is 3.08. The summed E-state index contributed by atoms with van der Waals surface area (Å²) in [5.74, 6) is 0.186. The normalized spacial score (nSPS) is 11.4. The van der Waals surface area contributed by atoms with E-state index in [0.717, 1.165) is 11.1 Å². The van der Waals surface area contributed by atoms with Crippen molar-refractivity contribution in [1.29, 1.82) is 0 Å². The number of ether oxygens (including phenoxy) is 3. The van der Waals surface area contributed by atoms with Gasteiger partial charge in [-0.15, -0.1) is 0 Å². The van der Waals surface area contributed by atoms with Crippen LogP contribution >= 0.6 is 12.2 Å². The van der Waals surface area contributed by atoms with Crippen LogP contribution in [-0.4, -0.2) is 42.0 Å². The number of nitrogens with zero attached hydrogens (tertiary/aromatic N) is 2. The van der Waals surface area contributed by atoms with Crippen LogP contribution in [0.4, 0.5) is 14.9 Å². The molecular weight excluding hydrogens is 431 g/mol. The third-order valence-corrected chi connectivity index (χ3v) is 5.06. The highest BCUT2D eigenvalue weighted by Crippen LogP contribution is 2.25. The van der Waals surface area contributed by atoms with Gasteiger partial charge in [-0.05, 0) is 69.3 Å². The zero-order chi connectivity index (χ0) is 23.5. The molecule has 2 aromatic carbocycles. The van der Waals surface area contributed by atoms with Gasteiger partial charge in [-0.1, -0.05) is 12.2 Å². The standard InChI is InChI=1S/C24H27FN2O4S/c1-24(2,3)31-23(28)27-19(12-16-6-7-17(25)13-21(16)27)14-30-20-10-8-18(9-11-20)26(4)22(32)15-29-5/h6-13H,14-15H2,1-5H3. The summed E-state index contributed by atoms with van der Waals surface area (Å²) in [5.41, 5.74) is 1.20. The molecule has 1 heterocycles. The van der Waals surface area contributed by atoms with Gasteiger partial charge in [-0.3, -0.25) is 0 Å². The fraction of sp³-hybridized carbons (Fsp3) is 0.333. The van der Waals surface area contributed by atoms with Crippen LogP contribution < -0.4 is 9.64 Å². The van der Waals surface area contributed by atoms with E-state index in [2.05, 4.69) is 0 Å². The molecule has 0 fully saturated rings. The Morgan fingerprint density at radius 3 is 2.44 bits per heavy atom. The number of rotatable bonds is 6. The number of thiocarbonyl (C=S) groups is 1. The second-order valence-electron chi connectivity index (χ2n) is 8.32. The van der Waals surface area contributed by atoms with Crippen molar-refractivity contribution in [3.8, 4) is 5.75 Å². The Kier molecular flexibility index (Phi) is 7.16. The lowest BCUT2D eigenvalue weighted by molar-refractivity contribution is 0.0535. The van der Waals surface area contributed by atoms with E-state index in [0.29, 0.717) is 28.6 Å². The smallest absolute Gasteiger partial charge is 0.419 e. The molecule has 8 heteroatoms. The van der Waals surface area contributed by atoms with Crippen molar-refractivity contribution in [2.45, 2.75) is 33.0 Å². The number of hydrogen-bond acceptors (Lipinski definition) is 5. The molecule has 0 saturated carbocycles. The highest BCUT2D eigenvalue weighted by atomic mass is 32.1. The van der Waals surface area contributed by atoms with Gasteiger partial charge in [0.05, 0.1) is 17.8 Å². The van der Waals surface area contributed by atoms with Crippen molar-refractivity contribution in [3.63, 3.8) is 0 Å². The van der Waals surface area contributed by atoms with E-state index in [1.807, 2.05) is 36.2 Å². The summed E-state index contributed by atoms with van der Waals surface area (Å²) in [6, 6.07) is 13.5. The molecule has 0 unspecified atom stereocenters. The predicted molar refractivity (Wildman–Crippen MR) is 127 cm³/mol. The van der Waals surface area contributed by atoms with E-state index < -0.39 is 17.5 Å². The zero-order valence-corrected chi connectivity index (χ0v) is 19.7. The van der Waals surface area contributed by atoms with Crippen LogP contribution in [0.2, 0.25) is 0 Å². The van der Waals surface area contributed by atoms with Gasteiger partial charge >= 0.3 is 6.09 Å². The Balaban J connectivity index is 1.82. The summed E-state index contributed by atoms with van der Waals surface area (Å²) in [6.45, 7) is 5.81. The summed E-state index contributed by atoms with van der Waals surface area (Å²) in [5, 5.41) is 0.722. The highest BCUT2D eigenvalue weighted by molar-refractivity contribution is 7.80. The molecule has 6 nitrogen and oxygen atoms in total. The minimum atomic E-state index is -0.690. The Hall–Kier alpha value is -2.97. The molecule has 0 atom stereocenters. The molecule has 0 radical (unpaired) electrons. The van der Waals surface area contributed by atoms with Crippen LogP contribution in [0.1, 0.15) is 26.5 Å². The largest absolute Gasteiger partial charge is 0.487 e. The lowest BCUT2D eigenvalue weighted by Crippen LogP contribution is -2.28. The maximum atomic E-state index is 13.9. The Labute approximate surface area is 192 Å². The number of methoxy groups -OCH3 is 1. The Bertz CT molecular complexity index is 1120. The van der Waals surface area contributed by atoms with E-state index in [1.54, 1.807) is 40.0 Å². The lowest BCUT2D eigenvalue weighted by Gasteiger charge is -2.21. The first-order valence-electron chi connectivity index (χ1n) is 10.1. The molecule has 0 N–H and O–H groups in total. The van der Waals surface area contributed by atoms with Crippen LogP contribution in [0.3, 0.4) is 0 Å². The average molecular weight is 459 g/mol. The van der Waals surface area contributed by atoms with Crippen molar-refractivity contribution in [3.05, 3.63) is 60.0 Å². The predicted octanol–water partition coefficient (Wildman–Crippen LogP) is 5.55. The number of benzene rings is 2. The third-order valence-electron chi connectivity index (χ3n) is 4.67. The molecule has 32 heavy (non-hydrogen) atoms. The molecule has 1 aromatic heterocycles. The molecule has 0 aliphatic rings. The summed E-state index contributed by atoms with van der Waals surface area (Å²) in [6.07, 6.45) is -0.583. The van der Waals surface area contributed by atoms with Crippen LogP contribution in [0.15, 0.2) is 48.5 Å². The van der Waals surface area contributed by atoms with Gasteiger partial charge in [0.1, 0.15) is 28.8 Å². The van der Waals surface area contributed by atoms with E-state index in [9.17, 15) is 9.18 Å². The first kappa shape index (κ1) is 23.7. The minimum Gasteiger partial charge on any atom is -0.487 e. The minimum absolute atomic E-state index is 0.104. The van der Waals surface area contributed by atoms with Crippen LogP contribution in [0.5, 0.6) is 5.75 Å². The number of carbonyl (C=O) groups is 1. The molecule has 0 aliphatic heterocycles. The highest BCUT2D eigenvalue weighted by Gasteiger charge is 2.22. The van der Waals surface area contributed by atoms with E-state index in [-0.39, 0.29) is 6.61 Å². The molecule has 170 valence electrons. The van der Waals surface area contributed by atoms with Crippen molar-refractivity contribution in [1.82, 2.24) is 4.57 Å². The van der Waals surface area contributed by atoms with Gasteiger partial charge in [0, 0.05) is 25.2 Å². The monoisotopic (exact) mass is 458 g/mol. The molecule has 3 aromatic rings. The van der Waals surface area contributed by atoms with Crippen molar-refractivity contribution in [2.75, 3.05) is 25.7 Å². The number of halogens is 1. The van der Waals surface area contributed by atoms with Gasteiger partial charge in [0.25, 0.3) is 0 Å². The van der Waals surface area contributed by atoms with E-state index >= 15 is 0 Å². The van der Waals surface area contributed by atoms with Gasteiger partial charge in [-0.2, -0.15) is 0 Å². The molecule has 0 bridgehead atoms. The lowest BCUT2D eigenvalue weighted by atomic mass is 10.2. The number of carbonyl (C=O) groups excluding carboxylic acids is 1. The topological polar surface area (TPSA) is 52.9 Å². The SMILES string of the molecule is COCC(=S)N(C)c1ccc(OCc2cc3ccc(F)cc3n2C(=O)OC(C)(C)C)cc1. The van der Waals surface area contributed by atoms with E-state index in [4.69, 9.17) is 26.4 Å². The molecular formula is C24H27FN2O4S. The maximum absolute atomic E-state index is 13.9. The molecule has 0 spiro atoms. The fourth-order valence-corrected chi connectivity index (χ4v) is 3.37. The molecule has 0 saturated heterocycles. The van der Waals surface area contributed by atoms with Crippen LogP contribution in [0, 0.1) is 5.82 Å². The fourth-order valence-electron chi connectivity index (χ4n) is 3.15. The van der Waals surface area contributed by atoms with Crippen molar-refractivity contribution in [2.24, 2.45) is 0 Å². The zero-order valence-electron chi connectivity index (χ0n) is 18.8. The van der Waals surface area contributed by atoms with Gasteiger partial charge < -0.3 is 19.1 Å². The Morgan fingerprint density at radius 2 is 1.81 bits per heavy atom. The quantitative estimate of drug-likeness (QED) is 0.451. The first-order chi connectivity index (χ1) is 15.1. The number of likely N-dealkylation sites (N-methyl/N-ethyl adjacent to an activating group) is 1. The van der Waals surface area contributed by atoms with Crippen LogP contribution in [0.25, 0.3) is 10.9 Å². The number of fused-ring (bicyclic) bond motifs is 1. The first-order valence-corrected chi connectivity index (χ1v) is 10.5. The van der Waals surface area contributed by atoms with Gasteiger partial charge in [-0.25, -0.2) is 13.8 Å². The van der Waals surface area contributed by atoms with Crippen molar-refractivity contribution >= 4 is 39.9 Å². The molecule has 3 rings (SSSR count). The summed E-state index contributed by atoms with van der Waals surface area (Å²) >= 11 is 5.32.